The van der Waals surface area contributed by atoms with Gasteiger partial charge in [-0.15, -0.1) is 0 Å². The summed E-state index contributed by atoms with van der Waals surface area (Å²) in [5.74, 6) is -0.290. The molecule has 2 aliphatic rings. The van der Waals surface area contributed by atoms with Crippen LogP contribution in [-0.4, -0.2) is 82.0 Å². The van der Waals surface area contributed by atoms with Gasteiger partial charge in [-0.2, -0.15) is 0 Å². The minimum absolute atomic E-state index is 0.0321. The zero-order valence-electron chi connectivity index (χ0n) is 22.5. The number of carbonyl (C=O) groups excluding carboxylic acids is 2. The van der Waals surface area contributed by atoms with E-state index in [0.29, 0.717) is 30.2 Å². The third kappa shape index (κ3) is 6.62. The Bertz CT molecular complexity index is 1230. The SMILES string of the molecule is COc1cc(CN(C(=O)N(C)CCO)C2CCC(C3CC(c4cc(C(N)=O)nc(C)n4)=NO3)CC2)ccc1F. The lowest BCUT2D eigenvalue weighted by Gasteiger charge is -2.39. The number of amides is 3. The maximum atomic E-state index is 14.0. The fourth-order valence-electron chi connectivity index (χ4n) is 5.24. The first-order chi connectivity index (χ1) is 18.7. The van der Waals surface area contributed by atoms with E-state index in [1.165, 1.54) is 24.1 Å². The van der Waals surface area contributed by atoms with Crippen molar-refractivity contribution in [3.8, 4) is 5.75 Å². The van der Waals surface area contributed by atoms with Crippen LogP contribution in [0.5, 0.6) is 5.75 Å². The molecule has 12 heteroatoms. The molecule has 1 saturated carbocycles. The molecule has 1 atom stereocenters. The number of hydrogen-bond donors (Lipinski definition) is 2. The van der Waals surface area contributed by atoms with E-state index in [1.807, 2.05) is 0 Å². The molecule has 3 amide bonds. The van der Waals surface area contributed by atoms with Crippen molar-refractivity contribution in [1.29, 1.82) is 0 Å². The molecule has 0 bridgehead atoms. The lowest BCUT2D eigenvalue weighted by atomic mass is 9.80. The van der Waals surface area contributed by atoms with E-state index < -0.39 is 11.7 Å². The Morgan fingerprint density at radius 2 is 1.95 bits per heavy atom. The molecular formula is C27H35FN6O5. The third-order valence-corrected chi connectivity index (χ3v) is 7.36. The van der Waals surface area contributed by atoms with Crippen molar-refractivity contribution >= 4 is 17.6 Å². The number of aliphatic hydroxyl groups excluding tert-OH is 1. The van der Waals surface area contributed by atoms with Crippen molar-refractivity contribution < 1.29 is 28.7 Å². The lowest BCUT2D eigenvalue weighted by molar-refractivity contribution is 0.0148. The Kier molecular flexibility index (Phi) is 8.95. The molecule has 39 heavy (non-hydrogen) atoms. The first-order valence-electron chi connectivity index (χ1n) is 13.0. The van der Waals surface area contributed by atoms with E-state index in [9.17, 15) is 19.1 Å². The average molecular weight is 543 g/mol. The summed E-state index contributed by atoms with van der Waals surface area (Å²) in [5.41, 5.74) is 7.48. The summed E-state index contributed by atoms with van der Waals surface area (Å²) in [7, 11) is 3.07. The number of urea groups is 1. The maximum absolute atomic E-state index is 14.0. The van der Waals surface area contributed by atoms with Gasteiger partial charge in [-0.3, -0.25) is 4.79 Å². The molecule has 2 heterocycles. The zero-order chi connectivity index (χ0) is 28.1. The maximum Gasteiger partial charge on any atom is 0.320 e. The van der Waals surface area contributed by atoms with Crippen LogP contribution in [0.1, 0.15) is 59.7 Å². The van der Waals surface area contributed by atoms with Crippen LogP contribution in [0.4, 0.5) is 9.18 Å². The number of halogens is 1. The van der Waals surface area contributed by atoms with Gasteiger partial charge in [0.1, 0.15) is 23.3 Å². The molecule has 4 rings (SSSR count). The van der Waals surface area contributed by atoms with Crippen LogP contribution in [0, 0.1) is 18.7 Å². The highest BCUT2D eigenvalue weighted by Gasteiger charge is 2.37. The van der Waals surface area contributed by atoms with Crippen molar-refractivity contribution in [2.24, 2.45) is 16.8 Å². The fourth-order valence-corrected chi connectivity index (χ4v) is 5.24. The van der Waals surface area contributed by atoms with Gasteiger partial charge in [0.25, 0.3) is 5.91 Å². The highest BCUT2D eigenvalue weighted by molar-refractivity contribution is 6.01. The molecule has 0 radical (unpaired) electrons. The minimum Gasteiger partial charge on any atom is -0.494 e. The van der Waals surface area contributed by atoms with Crippen LogP contribution in [-0.2, 0) is 11.4 Å². The number of primary amides is 1. The fraction of sp³-hybridized carbons (Fsp3) is 0.519. The Labute approximate surface area is 226 Å². The number of likely N-dealkylation sites (N-methyl/N-ethyl adjacent to an activating group) is 1. The van der Waals surface area contributed by atoms with E-state index >= 15 is 0 Å². The van der Waals surface area contributed by atoms with Crippen molar-refractivity contribution in [2.75, 3.05) is 27.3 Å². The molecule has 1 aliphatic carbocycles. The monoisotopic (exact) mass is 542 g/mol. The van der Waals surface area contributed by atoms with Gasteiger partial charge in [0.2, 0.25) is 0 Å². The number of hydrogen-bond acceptors (Lipinski definition) is 8. The lowest BCUT2D eigenvalue weighted by Crippen LogP contribution is -2.48. The highest BCUT2D eigenvalue weighted by Crippen LogP contribution is 2.35. The molecule has 210 valence electrons. The van der Waals surface area contributed by atoms with Gasteiger partial charge in [-0.1, -0.05) is 11.2 Å². The van der Waals surface area contributed by atoms with Gasteiger partial charge in [-0.05, 0) is 62.3 Å². The predicted octanol–water partition coefficient (Wildman–Crippen LogP) is 2.63. The molecule has 0 spiro atoms. The number of benzene rings is 1. The summed E-state index contributed by atoms with van der Waals surface area (Å²) in [6, 6.07) is 5.91. The van der Waals surface area contributed by atoms with E-state index in [0.717, 1.165) is 31.2 Å². The second-order valence-corrected chi connectivity index (χ2v) is 10.0. The van der Waals surface area contributed by atoms with Gasteiger partial charge in [-0.25, -0.2) is 19.2 Å². The molecular weight excluding hydrogens is 507 g/mol. The van der Waals surface area contributed by atoms with Crippen LogP contribution >= 0.6 is 0 Å². The first-order valence-corrected chi connectivity index (χ1v) is 13.0. The van der Waals surface area contributed by atoms with Crippen molar-refractivity contribution in [3.63, 3.8) is 0 Å². The van der Waals surface area contributed by atoms with Gasteiger partial charge in [0.15, 0.2) is 11.6 Å². The van der Waals surface area contributed by atoms with Gasteiger partial charge < -0.3 is 30.2 Å². The number of carbonyl (C=O) groups is 2. The van der Waals surface area contributed by atoms with Crippen molar-refractivity contribution in [2.45, 2.75) is 57.7 Å². The Hall–Kier alpha value is -3.80. The summed E-state index contributed by atoms with van der Waals surface area (Å²) >= 11 is 0. The summed E-state index contributed by atoms with van der Waals surface area (Å²) in [6.07, 6.45) is 3.60. The molecule has 1 fully saturated rings. The minimum atomic E-state index is -0.626. The average Bonchev–Trinajstić information content (AvgIpc) is 3.42. The summed E-state index contributed by atoms with van der Waals surface area (Å²) in [5, 5.41) is 13.6. The van der Waals surface area contributed by atoms with E-state index in [4.69, 9.17) is 15.3 Å². The van der Waals surface area contributed by atoms with E-state index in [-0.39, 0.29) is 48.7 Å². The molecule has 1 aliphatic heterocycles. The number of rotatable bonds is 9. The van der Waals surface area contributed by atoms with Gasteiger partial charge >= 0.3 is 6.03 Å². The van der Waals surface area contributed by atoms with Crippen LogP contribution in [0.2, 0.25) is 0 Å². The van der Waals surface area contributed by atoms with E-state index in [2.05, 4.69) is 15.1 Å². The van der Waals surface area contributed by atoms with Gasteiger partial charge in [0.05, 0.1) is 19.4 Å². The number of nitrogens with zero attached hydrogens (tertiary/aromatic N) is 5. The van der Waals surface area contributed by atoms with Gasteiger partial charge in [0, 0.05) is 32.6 Å². The number of nitrogens with two attached hydrogens (primary N) is 1. The third-order valence-electron chi connectivity index (χ3n) is 7.36. The molecule has 2 aromatic rings. The summed E-state index contributed by atoms with van der Waals surface area (Å²) in [4.78, 5) is 42.5. The van der Waals surface area contributed by atoms with Crippen molar-refractivity contribution in [3.05, 3.63) is 52.9 Å². The smallest absolute Gasteiger partial charge is 0.320 e. The second-order valence-electron chi connectivity index (χ2n) is 10.0. The number of ether oxygens (including phenoxy) is 1. The van der Waals surface area contributed by atoms with E-state index in [1.54, 1.807) is 31.0 Å². The van der Waals surface area contributed by atoms with Crippen molar-refractivity contribution in [1.82, 2.24) is 19.8 Å². The molecule has 0 saturated heterocycles. The quantitative estimate of drug-likeness (QED) is 0.496. The Morgan fingerprint density at radius 3 is 2.62 bits per heavy atom. The number of aliphatic hydroxyl groups is 1. The largest absolute Gasteiger partial charge is 0.494 e. The van der Waals surface area contributed by atoms with Crippen LogP contribution < -0.4 is 10.5 Å². The Balaban J connectivity index is 1.42. The topological polar surface area (TPSA) is 143 Å². The number of oxime groups is 1. The van der Waals surface area contributed by atoms with Crippen LogP contribution in [0.3, 0.4) is 0 Å². The predicted molar refractivity (Wildman–Crippen MR) is 141 cm³/mol. The molecule has 11 nitrogen and oxygen atoms in total. The van der Waals surface area contributed by atoms with Crippen LogP contribution in [0.25, 0.3) is 0 Å². The Morgan fingerprint density at radius 1 is 1.21 bits per heavy atom. The number of aryl methyl sites for hydroxylation is 1. The molecule has 1 aromatic heterocycles. The first kappa shape index (κ1) is 28.2. The molecule has 1 aromatic carbocycles. The molecule has 3 N–H and O–H groups in total. The summed E-state index contributed by atoms with van der Waals surface area (Å²) < 4.78 is 19.1. The second kappa shape index (κ2) is 12.4. The zero-order valence-corrected chi connectivity index (χ0v) is 22.5. The number of aromatic nitrogens is 2. The van der Waals surface area contributed by atoms with Crippen LogP contribution in [0.15, 0.2) is 29.4 Å². The number of methoxy groups -OCH3 is 1. The normalized spacial score (nSPS) is 20.6. The highest BCUT2D eigenvalue weighted by atomic mass is 19.1. The molecule has 1 unspecified atom stereocenters. The standard InChI is InChI=1S/C27H35FN6O5/c1-16-30-21(13-23(31-16)26(29)36)22-14-24(39-32-22)18-5-7-19(8-6-18)34(27(37)33(2)10-11-35)15-17-4-9-20(28)25(12-17)38-3/h4,9,12-13,18-19,24,35H,5-8,10-11,14-15H2,1-3H3,(H2,29,36). The summed E-state index contributed by atoms with van der Waals surface area (Å²) in [6.45, 7) is 2.07.